The number of hydrogen-bond donors (Lipinski definition) is 2. The molecule has 0 aromatic carbocycles. The summed E-state index contributed by atoms with van der Waals surface area (Å²) in [5.74, 6) is 0. The lowest BCUT2D eigenvalue weighted by Crippen LogP contribution is -2.28. The van der Waals surface area contributed by atoms with Crippen molar-refractivity contribution in [2.24, 2.45) is 0 Å². The molecule has 0 aliphatic heterocycles. The zero-order valence-electron chi connectivity index (χ0n) is 14.8. The highest BCUT2D eigenvalue weighted by Crippen LogP contribution is 2.12. The second-order valence-electron chi connectivity index (χ2n) is 6.47. The Morgan fingerprint density at radius 2 is 1.00 bits per heavy atom. The lowest BCUT2D eigenvalue weighted by molar-refractivity contribution is 0.133. The molecule has 0 saturated heterocycles. The Bertz CT molecular complexity index is 184. The Morgan fingerprint density at radius 3 is 1.38 bits per heavy atom. The Morgan fingerprint density at radius 1 is 0.619 bits per heavy atom. The van der Waals surface area contributed by atoms with Crippen molar-refractivity contribution in [2.75, 3.05) is 6.54 Å². The fourth-order valence-electron chi connectivity index (χ4n) is 2.73. The molecule has 2 nitrogen and oxygen atoms in total. The fraction of sp³-hybridized carbons (Fsp3) is 1.00. The molecule has 0 spiro atoms. The van der Waals surface area contributed by atoms with Crippen LogP contribution in [0.2, 0.25) is 0 Å². The van der Waals surface area contributed by atoms with E-state index in [1.54, 1.807) is 0 Å². The summed E-state index contributed by atoms with van der Waals surface area (Å²) in [5.41, 5.74) is 0. The van der Waals surface area contributed by atoms with Crippen LogP contribution in [0, 0.1) is 0 Å². The van der Waals surface area contributed by atoms with Gasteiger partial charge in [-0.1, -0.05) is 97.3 Å². The number of nitrogens with one attached hydrogen (secondary N) is 1. The highest BCUT2D eigenvalue weighted by molar-refractivity contribution is 4.53. The molecule has 0 rings (SSSR count). The van der Waals surface area contributed by atoms with Gasteiger partial charge >= 0.3 is 0 Å². The van der Waals surface area contributed by atoms with Crippen molar-refractivity contribution >= 4 is 0 Å². The molecule has 2 N–H and O–H groups in total. The number of unbranched alkanes of at least 4 members (excludes halogenated alkanes) is 13. The van der Waals surface area contributed by atoms with Crippen LogP contribution >= 0.6 is 0 Å². The van der Waals surface area contributed by atoms with Crippen molar-refractivity contribution in [3.63, 3.8) is 0 Å². The maximum absolute atomic E-state index is 9.35. The predicted octanol–water partition coefficient (Wildman–Crippen LogP) is 5.79. The van der Waals surface area contributed by atoms with Crippen LogP contribution in [-0.2, 0) is 0 Å². The second-order valence-corrected chi connectivity index (χ2v) is 6.47. The quantitative estimate of drug-likeness (QED) is 0.263. The number of aliphatic hydroxyl groups excluding tert-OH is 1. The molecule has 0 bridgehead atoms. The third-order valence-corrected chi connectivity index (χ3v) is 4.30. The first kappa shape index (κ1) is 20.9. The minimum absolute atomic E-state index is 0.299. The van der Waals surface area contributed by atoms with Crippen LogP contribution in [0.1, 0.15) is 110 Å². The van der Waals surface area contributed by atoms with Gasteiger partial charge in [-0.2, -0.15) is 0 Å². The van der Waals surface area contributed by atoms with Gasteiger partial charge in [-0.15, -0.1) is 0 Å². The van der Waals surface area contributed by atoms with Gasteiger partial charge in [0.15, 0.2) is 0 Å². The van der Waals surface area contributed by atoms with Gasteiger partial charge in [0.1, 0.15) is 6.23 Å². The average molecular weight is 300 g/mol. The molecule has 0 aliphatic carbocycles. The number of aliphatic hydroxyl groups is 1. The van der Waals surface area contributed by atoms with Crippen molar-refractivity contribution in [1.82, 2.24) is 5.32 Å². The molecule has 0 radical (unpaired) electrons. The molecule has 0 fully saturated rings. The maximum Gasteiger partial charge on any atom is 0.104 e. The van der Waals surface area contributed by atoms with E-state index in [0.717, 1.165) is 13.0 Å². The molecule has 0 saturated carbocycles. The normalized spacial score (nSPS) is 12.7. The second kappa shape index (κ2) is 18.0. The molecule has 21 heavy (non-hydrogen) atoms. The first-order chi connectivity index (χ1) is 10.3. The van der Waals surface area contributed by atoms with Crippen LogP contribution in [-0.4, -0.2) is 17.9 Å². The smallest absolute Gasteiger partial charge is 0.104 e. The van der Waals surface area contributed by atoms with E-state index in [1.165, 1.54) is 89.9 Å². The van der Waals surface area contributed by atoms with E-state index >= 15 is 0 Å². The van der Waals surface area contributed by atoms with Crippen molar-refractivity contribution in [1.29, 1.82) is 0 Å². The number of rotatable bonds is 17. The van der Waals surface area contributed by atoms with Crippen LogP contribution < -0.4 is 5.32 Å². The Hall–Kier alpha value is -0.0800. The van der Waals surface area contributed by atoms with Crippen LogP contribution in [0.4, 0.5) is 0 Å². The van der Waals surface area contributed by atoms with Gasteiger partial charge in [0, 0.05) is 0 Å². The summed E-state index contributed by atoms with van der Waals surface area (Å²) in [5, 5.41) is 12.5. The molecule has 0 aromatic heterocycles. The minimum Gasteiger partial charge on any atom is -0.379 e. The van der Waals surface area contributed by atoms with Crippen LogP contribution in [0.15, 0.2) is 0 Å². The van der Waals surface area contributed by atoms with E-state index < -0.39 is 0 Å². The molecule has 0 heterocycles. The van der Waals surface area contributed by atoms with Crippen molar-refractivity contribution < 1.29 is 5.11 Å². The van der Waals surface area contributed by atoms with Gasteiger partial charge in [-0.25, -0.2) is 0 Å². The van der Waals surface area contributed by atoms with E-state index in [1.807, 2.05) is 6.92 Å². The predicted molar refractivity (Wildman–Crippen MR) is 94.6 cm³/mol. The molecule has 128 valence electrons. The monoisotopic (exact) mass is 299 g/mol. The highest BCUT2D eigenvalue weighted by Gasteiger charge is 1.97. The average Bonchev–Trinajstić information content (AvgIpc) is 2.50. The fourth-order valence-corrected chi connectivity index (χ4v) is 2.73. The molecular weight excluding hydrogens is 258 g/mol. The highest BCUT2D eigenvalue weighted by atomic mass is 16.3. The van der Waals surface area contributed by atoms with Crippen LogP contribution in [0.3, 0.4) is 0 Å². The van der Waals surface area contributed by atoms with Gasteiger partial charge < -0.3 is 5.11 Å². The summed E-state index contributed by atoms with van der Waals surface area (Å²) in [4.78, 5) is 0. The molecule has 1 unspecified atom stereocenters. The van der Waals surface area contributed by atoms with E-state index in [0.29, 0.717) is 0 Å². The van der Waals surface area contributed by atoms with Gasteiger partial charge in [0.25, 0.3) is 0 Å². The van der Waals surface area contributed by atoms with E-state index in [2.05, 4.69) is 12.2 Å². The van der Waals surface area contributed by atoms with Gasteiger partial charge in [-0.3, -0.25) is 5.32 Å². The summed E-state index contributed by atoms with van der Waals surface area (Å²) < 4.78 is 0. The molecule has 0 aliphatic rings. The topological polar surface area (TPSA) is 32.3 Å². The van der Waals surface area contributed by atoms with E-state index in [9.17, 15) is 5.11 Å². The van der Waals surface area contributed by atoms with Crippen molar-refractivity contribution in [3.8, 4) is 0 Å². The summed E-state index contributed by atoms with van der Waals surface area (Å²) >= 11 is 0. The van der Waals surface area contributed by atoms with E-state index in [-0.39, 0.29) is 6.23 Å². The first-order valence-electron chi connectivity index (χ1n) is 9.72. The SMILES string of the molecule is CCCCCCCCCCCCCCCCNC(O)CC. The zero-order chi connectivity index (χ0) is 15.6. The molecule has 2 heteroatoms. The molecular formula is C19H41NO. The van der Waals surface area contributed by atoms with Crippen LogP contribution in [0.25, 0.3) is 0 Å². The molecule has 0 amide bonds. The van der Waals surface area contributed by atoms with Gasteiger partial charge in [0.05, 0.1) is 0 Å². The van der Waals surface area contributed by atoms with Gasteiger partial charge in [0.2, 0.25) is 0 Å². The lowest BCUT2D eigenvalue weighted by atomic mass is 10.0. The van der Waals surface area contributed by atoms with Gasteiger partial charge in [-0.05, 0) is 19.4 Å². The van der Waals surface area contributed by atoms with Crippen molar-refractivity contribution in [3.05, 3.63) is 0 Å². The standard InChI is InChI=1S/C19H41NO/c1-3-5-6-7-8-9-10-11-12-13-14-15-16-17-18-20-19(21)4-2/h19-21H,3-18H2,1-2H3. The maximum atomic E-state index is 9.35. The Kier molecular flexibility index (Phi) is 17.9. The summed E-state index contributed by atoms with van der Waals surface area (Å²) in [7, 11) is 0. The third kappa shape index (κ3) is 17.9. The molecule has 0 aromatic rings. The van der Waals surface area contributed by atoms with E-state index in [4.69, 9.17) is 0 Å². The number of hydrogen-bond acceptors (Lipinski definition) is 2. The van der Waals surface area contributed by atoms with Crippen LogP contribution in [0.5, 0.6) is 0 Å². The largest absolute Gasteiger partial charge is 0.379 e. The minimum atomic E-state index is -0.299. The Labute approximate surface area is 134 Å². The summed E-state index contributed by atoms with van der Waals surface area (Å²) in [6, 6.07) is 0. The summed E-state index contributed by atoms with van der Waals surface area (Å²) in [6.07, 6.45) is 20.1. The Balaban J connectivity index is 2.96. The van der Waals surface area contributed by atoms with Crippen molar-refractivity contribution in [2.45, 2.75) is 116 Å². The summed E-state index contributed by atoms with van der Waals surface area (Å²) in [6.45, 7) is 5.25. The third-order valence-electron chi connectivity index (χ3n) is 4.30. The zero-order valence-corrected chi connectivity index (χ0v) is 14.8. The first-order valence-corrected chi connectivity index (χ1v) is 9.72. The lowest BCUT2D eigenvalue weighted by Gasteiger charge is -2.09. The molecule has 1 atom stereocenters.